The van der Waals surface area contributed by atoms with Gasteiger partial charge in [-0.1, -0.05) is 26.0 Å². The minimum absolute atomic E-state index is 0.0438. The molecular weight excluding hydrogens is 430 g/mol. The molecule has 1 aromatic carbocycles. The summed E-state index contributed by atoms with van der Waals surface area (Å²) in [6.45, 7) is 2.91. The summed E-state index contributed by atoms with van der Waals surface area (Å²) >= 11 is 0. The van der Waals surface area contributed by atoms with E-state index in [2.05, 4.69) is 5.32 Å². The number of benzene rings is 1. The number of Topliss-reactive ketones (excluding diaryl/α,β-unsaturated/α-hetero) is 1. The van der Waals surface area contributed by atoms with Crippen LogP contribution in [-0.2, 0) is 9.59 Å². The van der Waals surface area contributed by atoms with Gasteiger partial charge in [0.15, 0.2) is 5.76 Å². The monoisotopic (exact) mass is 455 g/mol. The lowest BCUT2D eigenvalue weighted by atomic mass is 9.83. The van der Waals surface area contributed by atoms with Crippen LogP contribution in [0.2, 0.25) is 0 Å². The van der Waals surface area contributed by atoms with Gasteiger partial charge in [0.1, 0.15) is 0 Å². The van der Waals surface area contributed by atoms with E-state index in [1.165, 1.54) is 29.9 Å². The number of hydrogen-bond acceptors (Lipinski definition) is 7. The lowest BCUT2D eigenvalue weighted by molar-refractivity contribution is -0.141. The minimum atomic E-state index is -1.24. The maximum Gasteiger partial charge on any atom is 0.261 e. The molecule has 3 N–H and O–H groups in total. The molecule has 4 amide bonds. The maximum atomic E-state index is 13.0. The summed E-state index contributed by atoms with van der Waals surface area (Å²) in [5.74, 6) is -5.38. The van der Waals surface area contributed by atoms with Crippen LogP contribution in [0.4, 0.5) is 0 Å². The smallest absolute Gasteiger partial charge is 0.261 e. The summed E-state index contributed by atoms with van der Waals surface area (Å²) in [6, 6.07) is 9.27. The van der Waals surface area contributed by atoms with Gasteiger partial charge in [-0.2, -0.15) is 0 Å². The van der Waals surface area contributed by atoms with Gasteiger partial charge in [-0.15, -0.1) is 0 Å². The Morgan fingerprint density at radius 1 is 0.970 bits per heavy atom. The zero-order valence-electron chi connectivity index (χ0n) is 18.2. The Hall–Kier alpha value is -3.79. The first kappa shape index (κ1) is 23.9. The molecule has 0 radical (unpaired) electrons. The van der Waals surface area contributed by atoms with Crippen LogP contribution in [0.15, 0.2) is 47.1 Å². The van der Waals surface area contributed by atoms with Crippen LogP contribution in [0.3, 0.4) is 0 Å². The molecule has 33 heavy (non-hydrogen) atoms. The highest BCUT2D eigenvalue weighted by atomic mass is 16.5. The van der Waals surface area contributed by atoms with Crippen molar-refractivity contribution in [1.29, 1.82) is 0 Å². The summed E-state index contributed by atoms with van der Waals surface area (Å²) in [5, 5.41) is 11.8. The molecular formula is C23H25N3O7. The van der Waals surface area contributed by atoms with Gasteiger partial charge in [-0.3, -0.25) is 34.1 Å². The predicted molar refractivity (Wildman–Crippen MR) is 114 cm³/mol. The molecule has 1 aliphatic heterocycles. The third-order valence-electron chi connectivity index (χ3n) is 5.47. The van der Waals surface area contributed by atoms with E-state index in [0.29, 0.717) is 0 Å². The van der Waals surface area contributed by atoms with E-state index < -0.39 is 47.8 Å². The van der Waals surface area contributed by atoms with Crippen molar-refractivity contribution in [2.75, 3.05) is 13.1 Å². The first-order chi connectivity index (χ1) is 15.7. The second-order valence-corrected chi connectivity index (χ2v) is 8.20. The quantitative estimate of drug-likeness (QED) is 0.214. The van der Waals surface area contributed by atoms with Gasteiger partial charge < -0.3 is 9.73 Å². The van der Waals surface area contributed by atoms with Crippen molar-refractivity contribution in [3.63, 3.8) is 0 Å². The molecule has 0 aliphatic carbocycles. The standard InChI is InChI=1S/C23H25N3O7/c1-13(2)10-16(20(28)24-11-18(27)19-8-5-9-33-19)17(21(29)25-32)12-26-22(30)14-6-3-4-7-15(14)23(26)31/h3-9,13,16-17,32H,10-12H2,1-2H3,(H,24,28)(H,25,29)/t16-,17?/m1/s1. The zero-order valence-corrected chi connectivity index (χ0v) is 18.2. The minimum Gasteiger partial charge on any atom is -0.461 e. The van der Waals surface area contributed by atoms with Crippen molar-refractivity contribution in [3.8, 4) is 0 Å². The highest BCUT2D eigenvalue weighted by Crippen LogP contribution is 2.28. The maximum absolute atomic E-state index is 13.0. The van der Waals surface area contributed by atoms with Gasteiger partial charge in [-0.05, 0) is 36.6 Å². The lowest BCUT2D eigenvalue weighted by Gasteiger charge is -2.28. The molecule has 0 saturated carbocycles. The van der Waals surface area contributed by atoms with E-state index in [9.17, 15) is 29.2 Å². The Morgan fingerprint density at radius 2 is 1.61 bits per heavy atom. The summed E-state index contributed by atoms with van der Waals surface area (Å²) in [5.41, 5.74) is 1.95. The Balaban J connectivity index is 1.81. The number of nitrogens with zero attached hydrogens (tertiary/aromatic N) is 1. The number of furan rings is 1. The van der Waals surface area contributed by atoms with E-state index in [0.717, 1.165) is 4.90 Å². The average molecular weight is 455 g/mol. The van der Waals surface area contributed by atoms with Crippen LogP contribution in [0, 0.1) is 17.8 Å². The predicted octanol–water partition coefficient (Wildman–Crippen LogP) is 1.66. The SMILES string of the molecule is CC(C)C[C@@H](C(=O)NCC(=O)c1ccco1)C(CN1C(=O)c2ccccc2C1=O)C(=O)NO. The average Bonchev–Trinajstić information content (AvgIpc) is 3.42. The molecule has 10 heteroatoms. The van der Waals surface area contributed by atoms with Crippen LogP contribution in [-0.4, -0.2) is 52.6 Å². The van der Waals surface area contributed by atoms with E-state index in [4.69, 9.17) is 4.42 Å². The third-order valence-corrected chi connectivity index (χ3v) is 5.47. The van der Waals surface area contributed by atoms with Crippen molar-refractivity contribution < 1.29 is 33.6 Å². The van der Waals surface area contributed by atoms with Crippen LogP contribution >= 0.6 is 0 Å². The fourth-order valence-electron chi connectivity index (χ4n) is 3.86. The van der Waals surface area contributed by atoms with E-state index >= 15 is 0 Å². The van der Waals surface area contributed by atoms with Gasteiger partial charge in [0, 0.05) is 6.54 Å². The zero-order chi connectivity index (χ0) is 24.1. The number of hydroxylamine groups is 1. The van der Waals surface area contributed by atoms with Gasteiger partial charge in [-0.25, -0.2) is 5.48 Å². The molecule has 2 atom stereocenters. The Kier molecular flexibility index (Phi) is 7.39. The summed E-state index contributed by atoms with van der Waals surface area (Å²) in [7, 11) is 0. The van der Waals surface area contributed by atoms with E-state index in [-0.39, 0.29) is 35.8 Å². The Morgan fingerprint density at radius 3 is 2.12 bits per heavy atom. The van der Waals surface area contributed by atoms with Crippen molar-refractivity contribution >= 4 is 29.4 Å². The molecule has 1 unspecified atom stereocenters. The number of imide groups is 1. The fourth-order valence-corrected chi connectivity index (χ4v) is 3.86. The number of carbonyl (C=O) groups excluding carboxylic acids is 5. The van der Waals surface area contributed by atoms with Crippen LogP contribution in [0.5, 0.6) is 0 Å². The van der Waals surface area contributed by atoms with Gasteiger partial charge >= 0.3 is 0 Å². The Bertz CT molecular complexity index is 1030. The largest absolute Gasteiger partial charge is 0.461 e. The summed E-state index contributed by atoms with van der Waals surface area (Å²) < 4.78 is 5.02. The first-order valence-corrected chi connectivity index (χ1v) is 10.5. The Labute approximate surface area is 189 Å². The molecule has 174 valence electrons. The van der Waals surface area contributed by atoms with Crippen molar-refractivity contribution in [2.24, 2.45) is 17.8 Å². The lowest BCUT2D eigenvalue weighted by Crippen LogP contribution is -2.49. The number of fused-ring (bicyclic) bond motifs is 1. The molecule has 0 saturated heterocycles. The topological polar surface area (TPSA) is 146 Å². The van der Waals surface area contributed by atoms with Crippen molar-refractivity contribution in [2.45, 2.75) is 20.3 Å². The fraction of sp³-hybridized carbons (Fsp3) is 0.348. The number of rotatable bonds is 10. The van der Waals surface area contributed by atoms with Crippen molar-refractivity contribution in [3.05, 3.63) is 59.5 Å². The van der Waals surface area contributed by atoms with Gasteiger partial charge in [0.25, 0.3) is 11.8 Å². The number of nitrogens with one attached hydrogen (secondary N) is 2. The molecule has 0 fully saturated rings. The van der Waals surface area contributed by atoms with Gasteiger partial charge in [0.2, 0.25) is 17.6 Å². The summed E-state index contributed by atoms with van der Waals surface area (Å²) in [6.07, 6.45) is 1.54. The molecule has 0 bridgehead atoms. The molecule has 2 aromatic rings. The number of carbonyl (C=O) groups is 5. The second kappa shape index (κ2) is 10.2. The van der Waals surface area contributed by atoms with Crippen LogP contribution in [0.1, 0.15) is 51.5 Å². The molecule has 2 heterocycles. The van der Waals surface area contributed by atoms with E-state index in [1.807, 2.05) is 13.8 Å². The molecule has 10 nitrogen and oxygen atoms in total. The highest BCUT2D eigenvalue weighted by molar-refractivity contribution is 6.21. The third kappa shape index (κ3) is 5.17. The van der Waals surface area contributed by atoms with Crippen molar-refractivity contribution in [1.82, 2.24) is 15.7 Å². The molecule has 3 rings (SSSR count). The highest BCUT2D eigenvalue weighted by Gasteiger charge is 2.42. The number of ketones is 1. The molecule has 1 aromatic heterocycles. The van der Waals surface area contributed by atoms with Crippen LogP contribution < -0.4 is 10.8 Å². The molecule has 0 spiro atoms. The van der Waals surface area contributed by atoms with Crippen LogP contribution in [0.25, 0.3) is 0 Å². The number of hydrogen-bond donors (Lipinski definition) is 3. The van der Waals surface area contributed by atoms with E-state index in [1.54, 1.807) is 18.2 Å². The number of amides is 4. The molecule has 1 aliphatic rings. The summed E-state index contributed by atoms with van der Waals surface area (Å²) in [4.78, 5) is 64.2. The normalized spacial score (nSPS) is 14.7. The second-order valence-electron chi connectivity index (χ2n) is 8.20. The first-order valence-electron chi connectivity index (χ1n) is 10.5. The van der Waals surface area contributed by atoms with Gasteiger partial charge in [0.05, 0.1) is 35.8 Å².